The van der Waals surface area contributed by atoms with E-state index in [1.54, 1.807) is 4.90 Å². The van der Waals surface area contributed by atoms with E-state index in [0.717, 1.165) is 22.5 Å². The monoisotopic (exact) mass is 377 g/mol. The van der Waals surface area contributed by atoms with Gasteiger partial charge < -0.3 is 10.2 Å². The second kappa shape index (κ2) is 7.32. The number of benzene rings is 2. The molecule has 0 radical (unpaired) electrons. The van der Waals surface area contributed by atoms with E-state index < -0.39 is 0 Å². The van der Waals surface area contributed by atoms with E-state index in [1.807, 2.05) is 66.9 Å². The minimum atomic E-state index is -0.374. The minimum Gasteiger partial charge on any atom is -0.311 e. The van der Waals surface area contributed by atoms with Crippen molar-refractivity contribution >= 4 is 34.0 Å². The second-order valence-electron chi connectivity index (χ2n) is 6.59. The molecule has 1 atom stereocenters. The third kappa shape index (κ3) is 3.61. The van der Waals surface area contributed by atoms with Gasteiger partial charge in [-0.15, -0.1) is 11.3 Å². The highest BCUT2D eigenvalue weighted by molar-refractivity contribution is 7.14. The number of para-hydroxylation sites is 1. The molecule has 6 heteroatoms. The van der Waals surface area contributed by atoms with Gasteiger partial charge in [0.15, 0.2) is 5.13 Å². The van der Waals surface area contributed by atoms with Crippen molar-refractivity contribution in [3.05, 3.63) is 65.5 Å². The molecule has 0 bridgehead atoms. The first kappa shape index (κ1) is 17.4. The van der Waals surface area contributed by atoms with Gasteiger partial charge in [-0.05, 0) is 18.6 Å². The van der Waals surface area contributed by atoms with E-state index in [-0.39, 0.29) is 24.2 Å². The first-order valence-electron chi connectivity index (χ1n) is 8.79. The summed E-state index contributed by atoms with van der Waals surface area (Å²) in [5, 5.41) is 5.35. The van der Waals surface area contributed by atoms with Gasteiger partial charge in [0.05, 0.1) is 11.6 Å². The van der Waals surface area contributed by atoms with Crippen LogP contribution in [0.4, 0.5) is 10.8 Å². The van der Waals surface area contributed by atoms with Crippen LogP contribution >= 0.6 is 11.3 Å². The predicted octanol–water partition coefficient (Wildman–Crippen LogP) is 4.11. The number of carbonyl (C=O) groups is 2. The van der Waals surface area contributed by atoms with Gasteiger partial charge >= 0.3 is 0 Å². The molecule has 2 heterocycles. The number of carbonyl (C=O) groups excluding carboxylic acids is 2. The van der Waals surface area contributed by atoms with Gasteiger partial charge in [0.25, 0.3) is 0 Å². The third-order valence-electron chi connectivity index (χ3n) is 4.71. The fourth-order valence-corrected chi connectivity index (χ4v) is 3.99. The first-order valence-corrected chi connectivity index (χ1v) is 9.67. The molecular weight excluding hydrogens is 358 g/mol. The van der Waals surface area contributed by atoms with Crippen LogP contribution in [0.2, 0.25) is 0 Å². The number of aromatic nitrogens is 1. The van der Waals surface area contributed by atoms with E-state index in [0.29, 0.717) is 11.7 Å². The standard InChI is InChI=1S/C21H19N3O2S/c1-14-7-5-6-10-18(14)24-12-16(11-19(24)25)20(26)23-21-22-17(13-27-21)15-8-3-2-4-9-15/h2-10,13,16H,11-12H2,1H3,(H,22,23,26)/t16-/m1/s1. The molecule has 0 saturated carbocycles. The molecule has 0 spiro atoms. The average molecular weight is 377 g/mol. The maximum atomic E-state index is 12.6. The van der Waals surface area contributed by atoms with Crippen LogP contribution in [0.15, 0.2) is 60.0 Å². The van der Waals surface area contributed by atoms with Crippen LogP contribution in [0.1, 0.15) is 12.0 Å². The molecule has 3 aromatic rings. The highest BCUT2D eigenvalue weighted by Crippen LogP contribution is 2.29. The largest absolute Gasteiger partial charge is 0.311 e. The van der Waals surface area contributed by atoms with Gasteiger partial charge in [0.2, 0.25) is 11.8 Å². The van der Waals surface area contributed by atoms with Crippen LogP contribution in [0.3, 0.4) is 0 Å². The highest BCUT2D eigenvalue weighted by atomic mass is 32.1. The molecule has 136 valence electrons. The van der Waals surface area contributed by atoms with Crippen LogP contribution in [0, 0.1) is 12.8 Å². The topological polar surface area (TPSA) is 62.3 Å². The van der Waals surface area contributed by atoms with E-state index in [1.165, 1.54) is 11.3 Å². The zero-order chi connectivity index (χ0) is 18.8. The van der Waals surface area contributed by atoms with Gasteiger partial charge in [-0.25, -0.2) is 4.98 Å². The van der Waals surface area contributed by atoms with Crippen LogP contribution in [0.5, 0.6) is 0 Å². The summed E-state index contributed by atoms with van der Waals surface area (Å²) in [6, 6.07) is 17.6. The van der Waals surface area contributed by atoms with E-state index in [9.17, 15) is 9.59 Å². The molecule has 1 aliphatic heterocycles. The van der Waals surface area contributed by atoms with E-state index in [4.69, 9.17) is 0 Å². The third-order valence-corrected chi connectivity index (χ3v) is 5.46. The Kier molecular flexibility index (Phi) is 4.73. The van der Waals surface area contributed by atoms with E-state index in [2.05, 4.69) is 10.3 Å². The Morgan fingerprint density at radius 1 is 1.15 bits per heavy atom. The lowest BCUT2D eigenvalue weighted by Crippen LogP contribution is -2.28. The number of amides is 2. The lowest BCUT2D eigenvalue weighted by molar-refractivity contribution is -0.122. The molecule has 1 saturated heterocycles. The van der Waals surface area contributed by atoms with Gasteiger partial charge in [-0.1, -0.05) is 48.5 Å². The van der Waals surface area contributed by atoms with Crippen LogP contribution in [-0.4, -0.2) is 23.3 Å². The second-order valence-corrected chi connectivity index (χ2v) is 7.44. The Hall–Kier alpha value is -2.99. The van der Waals surface area contributed by atoms with E-state index >= 15 is 0 Å². The number of thiazole rings is 1. The molecule has 1 aromatic heterocycles. The van der Waals surface area contributed by atoms with Crippen LogP contribution in [0.25, 0.3) is 11.3 Å². The number of rotatable bonds is 4. The molecule has 4 rings (SSSR count). The SMILES string of the molecule is Cc1ccccc1N1C[C@H](C(=O)Nc2nc(-c3ccccc3)cs2)CC1=O. The number of hydrogen-bond donors (Lipinski definition) is 1. The zero-order valence-corrected chi connectivity index (χ0v) is 15.7. The van der Waals surface area contributed by atoms with Crippen molar-refractivity contribution in [1.29, 1.82) is 0 Å². The normalized spacial score (nSPS) is 16.6. The smallest absolute Gasteiger partial charge is 0.231 e. The summed E-state index contributed by atoms with van der Waals surface area (Å²) in [5.41, 5.74) is 3.74. The summed E-state index contributed by atoms with van der Waals surface area (Å²) in [6.07, 6.45) is 0.219. The van der Waals surface area contributed by atoms with Crippen LogP contribution < -0.4 is 10.2 Å². The Morgan fingerprint density at radius 3 is 2.67 bits per heavy atom. The Labute approximate surface area is 161 Å². The molecule has 0 aliphatic carbocycles. The lowest BCUT2D eigenvalue weighted by Gasteiger charge is -2.18. The van der Waals surface area contributed by atoms with Gasteiger partial charge in [0.1, 0.15) is 0 Å². The average Bonchev–Trinajstić information content (AvgIpc) is 3.30. The van der Waals surface area contributed by atoms with Crippen molar-refractivity contribution in [2.45, 2.75) is 13.3 Å². The summed E-state index contributed by atoms with van der Waals surface area (Å²) < 4.78 is 0. The highest BCUT2D eigenvalue weighted by Gasteiger charge is 2.35. The molecule has 0 unspecified atom stereocenters. The zero-order valence-electron chi connectivity index (χ0n) is 14.9. The molecule has 5 nitrogen and oxygen atoms in total. The summed E-state index contributed by atoms with van der Waals surface area (Å²) in [4.78, 5) is 31.3. The van der Waals surface area contributed by atoms with Crippen LogP contribution in [-0.2, 0) is 9.59 Å². The molecule has 1 N–H and O–H groups in total. The van der Waals surface area contributed by atoms with Crippen molar-refractivity contribution in [2.24, 2.45) is 5.92 Å². The maximum Gasteiger partial charge on any atom is 0.231 e. The van der Waals surface area contributed by atoms with Crippen molar-refractivity contribution < 1.29 is 9.59 Å². The molecule has 27 heavy (non-hydrogen) atoms. The Bertz CT molecular complexity index is 984. The molecule has 2 aromatic carbocycles. The Balaban J connectivity index is 1.45. The maximum absolute atomic E-state index is 12.6. The molecule has 2 amide bonds. The predicted molar refractivity (Wildman–Crippen MR) is 108 cm³/mol. The number of aryl methyl sites for hydroxylation is 1. The first-order chi connectivity index (χ1) is 13.1. The summed E-state index contributed by atoms with van der Waals surface area (Å²) >= 11 is 1.39. The fourth-order valence-electron chi connectivity index (χ4n) is 3.26. The number of nitrogens with one attached hydrogen (secondary N) is 1. The number of hydrogen-bond acceptors (Lipinski definition) is 4. The van der Waals surface area contributed by atoms with Crippen molar-refractivity contribution in [3.63, 3.8) is 0 Å². The fraction of sp³-hybridized carbons (Fsp3) is 0.190. The number of anilines is 2. The van der Waals surface area contributed by atoms with Gasteiger partial charge in [0, 0.05) is 29.6 Å². The summed E-state index contributed by atoms with van der Waals surface area (Å²) in [7, 11) is 0. The lowest BCUT2D eigenvalue weighted by atomic mass is 10.1. The van der Waals surface area contributed by atoms with Crippen molar-refractivity contribution in [2.75, 3.05) is 16.8 Å². The quantitative estimate of drug-likeness (QED) is 0.744. The molecular formula is C21H19N3O2S. The minimum absolute atomic E-state index is 0.0198. The van der Waals surface area contributed by atoms with Gasteiger partial charge in [-0.2, -0.15) is 0 Å². The number of nitrogens with zero attached hydrogens (tertiary/aromatic N) is 2. The van der Waals surface area contributed by atoms with Gasteiger partial charge in [-0.3, -0.25) is 9.59 Å². The summed E-state index contributed by atoms with van der Waals surface area (Å²) in [6.45, 7) is 2.36. The summed E-state index contributed by atoms with van der Waals surface area (Å²) in [5.74, 6) is -0.553. The molecule has 1 aliphatic rings. The van der Waals surface area contributed by atoms with Crippen molar-refractivity contribution in [1.82, 2.24) is 4.98 Å². The Morgan fingerprint density at radius 2 is 1.89 bits per heavy atom. The molecule has 1 fully saturated rings. The van der Waals surface area contributed by atoms with Crippen molar-refractivity contribution in [3.8, 4) is 11.3 Å².